The van der Waals surface area contributed by atoms with Crippen molar-refractivity contribution in [2.75, 3.05) is 26.5 Å². The van der Waals surface area contributed by atoms with Crippen molar-refractivity contribution in [2.45, 2.75) is 12.8 Å². The standard InChI is InChI=1S/C28H28P2.2CH4O.Rh/c1-5-15-25(16-6-1)29(26-17-7-2-8-18-26)23-13-14-24-30(27-19-9-3-10-20-27)28-21-11-4-12-22-28;2*1-2;/h1-12,15-22H,13-14,23-24H2;2*2H,1H3;/p+2. The molecule has 0 atom stereocenters. The summed E-state index contributed by atoms with van der Waals surface area (Å²) in [7, 11) is 0.571. The van der Waals surface area contributed by atoms with Gasteiger partial charge in [-0.25, -0.2) is 0 Å². The van der Waals surface area contributed by atoms with Crippen LogP contribution in [0.15, 0.2) is 121 Å². The first-order valence-electron chi connectivity index (χ1n) is 11.7. The fourth-order valence-electron chi connectivity index (χ4n) is 4.07. The van der Waals surface area contributed by atoms with Crippen LogP contribution in [0.2, 0.25) is 0 Å². The van der Waals surface area contributed by atoms with Gasteiger partial charge in [0, 0.05) is 33.7 Å². The van der Waals surface area contributed by atoms with Crippen molar-refractivity contribution in [3.05, 3.63) is 121 Å². The second-order valence-corrected chi connectivity index (χ2v) is 12.9. The van der Waals surface area contributed by atoms with Crippen LogP contribution in [0.3, 0.4) is 0 Å². The Morgan fingerprint density at radius 3 is 0.800 bits per heavy atom. The van der Waals surface area contributed by atoms with Crippen molar-refractivity contribution in [1.82, 2.24) is 0 Å². The molecule has 0 aromatic heterocycles. The zero-order valence-electron chi connectivity index (χ0n) is 20.6. The Kier molecular flexibility index (Phi) is 17.4. The Morgan fingerprint density at radius 2 is 0.600 bits per heavy atom. The monoisotopic (exact) mass is 595 g/mol. The van der Waals surface area contributed by atoms with E-state index < -0.39 is 15.8 Å². The Hall–Kier alpha value is -1.72. The van der Waals surface area contributed by atoms with E-state index in [0.29, 0.717) is 0 Å². The molecular weight excluding hydrogens is 557 g/mol. The van der Waals surface area contributed by atoms with Crippen LogP contribution in [-0.2, 0) is 19.5 Å². The molecule has 0 spiro atoms. The van der Waals surface area contributed by atoms with E-state index >= 15 is 0 Å². The van der Waals surface area contributed by atoms with Gasteiger partial charge in [0.25, 0.3) is 0 Å². The summed E-state index contributed by atoms with van der Waals surface area (Å²) in [5.74, 6) is 0. The number of hydrogen-bond donors (Lipinski definition) is 2. The van der Waals surface area contributed by atoms with Gasteiger partial charge in [0.2, 0.25) is 0 Å². The van der Waals surface area contributed by atoms with Gasteiger partial charge in [-0.3, -0.25) is 0 Å². The number of aliphatic hydroxyl groups is 2. The molecule has 187 valence electrons. The zero-order chi connectivity index (χ0) is 24.4. The van der Waals surface area contributed by atoms with Crippen molar-refractivity contribution in [2.24, 2.45) is 0 Å². The minimum Gasteiger partial charge on any atom is -0.400 e. The minimum absolute atomic E-state index is 0. The number of unbranched alkanes of at least 4 members (excludes halogenated alkanes) is 1. The molecule has 2 N–H and O–H groups in total. The second-order valence-electron chi connectivity index (χ2n) is 7.63. The van der Waals surface area contributed by atoms with Crippen LogP contribution in [0.4, 0.5) is 0 Å². The molecule has 0 saturated carbocycles. The van der Waals surface area contributed by atoms with Crippen LogP contribution in [0.5, 0.6) is 0 Å². The van der Waals surface area contributed by atoms with Crippen LogP contribution in [-0.4, -0.2) is 36.8 Å². The molecule has 0 amide bonds. The first kappa shape index (κ1) is 31.3. The first-order chi connectivity index (χ1) is 16.9. The fraction of sp³-hybridized carbons (Fsp3) is 0.200. The predicted molar refractivity (Wildman–Crippen MR) is 156 cm³/mol. The fourth-order valence-corrected chi connectivity index (χ4v) is 9.48. The summed E-state index contributed by atoms with van der Waals surface area (Å²) in [5.41, 5.74) is 0. The molecule has 35 heavy (non-hydrogen) atoms. The normalized spacial score (nSPS) is 9.89. The van der Waals surface area contributed by atoms with Crippen molar-refractivity contribution in [3.63, 3.8) is 0 Å². The van der Waals surface area contributed by atoms with E-state index in [-0.39, 0.29) is 19.5 Å². The molecule has 2 nitrogen and oxygen atoms in total. The van der Waals surface area contributed by atoms with E-state index in [1.165, 1.54) is 46.4 Å². The molecule has 0 heterocycles. The Morgan fingerprint density at radius 1 is 0.400 bits per heavy atom. The van der Waals surface area contributed by atoms with Crippen molar-refractivity contribution < 1.29 is 29.7 Å². The number of rotatable bonds is 9. The quantitative estimate of drug-likeness (QED) is 0.167. The van der Waals surface area contributed by atoms with E-state index in [9.17, 15) is 0 Å². The topological polar surface area (TPSA) is 40.5 Å². The molecule has 4 aromatic rings. The van der Waals surface area contributed by atoms with Crippen LogP contribution in [0.25, 0.3) is 0 Å². The van der Waals surface area contributed by atoms with E-state index in [1.54, 1.807) is 0 Å². The molecule has 0 unspecified atom stereocenters. The Balaban J connectivity index is 0.00000117. The SMILES string of the molecule is CO.CO.[Rh].c1ccc([PH+](CCCC[PH+](c2ccccc2)c2ccccc2)c2ccccc2)cc1. The average molecular weight is 595 g/mol. The maximum absolute atomic E-state index is 7.00. The third-order valence-electron chi connectivity index (χ3n) is 5.59. The molecule has 1 radical (unpaired) electrons. The molecule has 5 heteroatoms. The van der Waals surface area contributed by atoms with Gasteiger partial charge in [0.15, 0.2) is 0 Å². The summed E-state index contributed by atoms with van der Waals surface area (Å²) in [6, 6.07) is 44.6. The largest absolute Gasteiger partial charge is 0.400 e. The van der Waals surface area contributed by atoms with Crippen molar-refractivity contribution in [1.29, 1.82) is 0 Å². The van der Waals surface area contributed by atoms with Gasteiger partial charge in [-0.1, -0.05) is 72.8 Å². The third kappa shape index (κ3) is 10.4. The number of aliphatic hydroxyl groups excluding tert-OH is 2. The number of benzene rings is 4. The maximum atomic E-state index is 7.00. The van der Waals surface area contributed by atoms with Gasteiger partial charge in [-0.15, -0.1) is 0 Å². The van der Waals surface area contributed by atoms with Crippen LogP contribution in [0, 0.1) is 0 Å². The van der Waals surface area contributed by atoms with Crippen molar-refractivity contribution >= 4 is 37.1 Å². The summed E-state index contributed by atoms with van der Waals surface area (Å²) in [6.45, 7) is 0. The van der Waals surface area contributed by atoms with Crippen molar-refractivity contribution in [3.8, 4) is 0 Å². The summed E-state index contributed by atoms with van der Waals surface area (Å²) in [5, 5.41) is 20.1. The second kappa shape index (κ2) is 19.5. The molecular formula is C30H38O2P2Rh+2. The summed E-state index contributed by atoms with van der Waals surface area (Å²) in [4.78, 5) is 0. The summed E-state index contributed by atoms with van der Waals surface area (Å²) in [6.07, 6.45) is 5.20. The molecule has 0 aliphatic heterocycles. The van der Waals surface area contributed by atoms with Crippen LogP contribution < -0.4 is 21.2 Å². The van der Waals surface area contributed by atoms with E-state index in [1.807, 2.05) is 0 Å². The smallest absolute Gasteiger partial charge is 0.0966 e. The zero-order valence-corrected chi connectivity index (χ0v) is 24.2. The van der Waals surface area contributed by atoms with Gasteiger partial charge in [-0.2, -0.15) is 0 Å². The predicted octanol–water partition coefficient (Wildman–Crippen LogP) is 4.71. The maximum Gasteiger partial charge on any atom is 0.0966 e. The average Bonchev–Trinajstić information content (AvgIpc) is 2.95. The summed E-state index contributed by atoms with van der Waals surface area (Å²) >= 11 is 0. The van der Waals surface area contributed by atoms with Gasteiger partial charge in [0.05, 0.1) is 49.4 Å². The molecule has 4 rings (SSSR count). The van der Waals surface area contributed by atoms with Crippen LogP contribution in [0.1, 0.15) is 12.8 Å². The minimum atomic E-state index is -0.714. The molecule has 0 aliphatic carbocycles. The molecule has 0 fully saturated rings. The van der Waals surface area contributed by atoms with Gasteiger partial charge < -0.3 is 10.2 Å². The van der Waals surface area contributed by atoms with Gasteiger partial charge in [-0.05, 0) is 61.4 Å². The van der Waals surface area contributed by atoms with Gasteiger partial charge >= 0.3 is 0 Å². The first-order valence-corrected chi connectivity index (χ1v) is 15.2. The molecule has 0 bridgehead atoms. The van der Waals surface area contributed by atoms with E-state index in [0.717, 1.165) is 14.2 Å². The third-order valence-corrected chi connectivity index (χ3v) is 11.4. The molecule has 0 aliphatic rings. The van der Waals surface area contributed by atoms with E-state index in [2.05, 4.69) is 121 Å². The van der Waals surface area contributed by atoms with Gasteiger partial charge in [0.1, 0.15) is 0 Å². The Labute approximate surface area is 226 Å². The molecule has 4 aromatic carbocycles. The molecule has 0 saturated heterocycles. The number of hydrogen-bond acceptors (Lipinski definition) is 2. The van der Waals surface area contributed by atoms with E-state index in [4.69, 9.17) is 10.2 Å². The Bertz CT molecular complexity index is 839. The van der Waals surface area contributed by atoms with Crippen LogP contribution >= 0.6 is 15.8 Å². The summed E-state index contributed by atoms with van der Waals surface area (Å²) < 4.78 is 0.